The summed E-state index contributed by atoms with van der Waals surface area (Å²) in [6.45, 7) is 0. The topological polar surface area (TPSA) is 16.4 Å². The van der Waals surface area contributed by atoms with Crippen LogP contribution in [-0.4, -0.2) is 0 Å². The lowest BCUT2D eigenvalue weighted by molar-refractivity contribution is 0.669. The standard InChI is InChI=1S/C40H25NOS/c1-2-8-26(9-3-1)27-14-17-30(18-15-27)41(32-20-21-38-35(25-32)33-10-4-6-12-37(33)42-38)31-19-16-28-24-40-36(23-29(28)22-31)34-11-5-7-13-39(34)43-40/h1-25H. The van der Waals surface area contributed by atoms with E-state index in [2.05, 4.69) is 144 Å². The van der Waals surface area contributed by atoms with Gasteiger partial charge >= 0.3 is 0 Å². The van der Waals surface area contributed by atoms with Crippen LogP contribution < -0.4 is 4.90 Å². The SMILES string of the molecule is c1ccc(-c2ccc(N(c3ccc4cc5sc6ccccc6c5cc4c3)c3ccc4oc5ccccc5c4c3)cc2)cc1. The third-order valence-electron chi connectivity index (χ3n) is 8.43. The van der Waals surface area contributed by atoms with Gasteiger partial charge in [0.15, 0.2) is 0 Å². The van der Waals surface area contributed by atoms with Crippen molar-refractivity contribution in [3.8, 4) is 11.1 Å². The molecule has 0 radical (unpaired) electrons. The summed E-state index contributed by atoms with van der Waals surface area (Å²) in [6.07, 6.45) is 0. The van der Waals surface area contributed by atoms with Crippen molar-refractivity contribution in [3.63, 3.8) is 0 Å². The van der Waals surface area contributed by atoms with Crippen LogP contribution in [0.1, 0.15) is 0 Å². The minimum absolute atomic E-state index is 0.898. The highest BCUT2D eigenvalue weighted by molar-refractivity contribution is 7.25. The van der Waals surface area contributed by atoms with E-state index in [1.807, 2.05) is 23.5 Å². The van der Waals surface area contributed by atoms with Gasteiger partial charge in [0.25, 0.3) is 0 Å². The number of rotatable bonds is 4. The zero-order valence-corrected chi connectivity index (χ0v) is 24.0. The fourth-order valence-electron chi connectivity index (χ4n) is 6.33. The molecule has 9 aromatic rings. The molecule has 43 heavy (non-hydrogen) atoms. The molecule has 2 aromatic heterocycles. The van der Waals surface area contributed by atoms with Gasteiger partial charge in [-0.15, -0.1) is 11.3 Å². The number of benzene rings is 7. The van der Waals surface area contributed by atoms with Crippen LogP contribution in [0.4, 0.5) is 17.1 Å². The molecule has 0 saturated carbocycles. The maximum Gasteiger partial charge on any atom is 0.135 e. The predicted molar refractivity (Wildman–Crippen MR) is 184 cm³/mol. The summed E-state index contributed by atoms with van der Waals surface area (Å²) in [4.78, 5) is 2.35. The Kier molecular flexibility index (Phi) is 5.40. The molecule has 0 aliphatic rings. The van der Waals surface area contributed by atoms with Crippen molar-refractivity contribution in [3.05, 3.63) is 152 Å². The Hall–Kier alpha value is -5.38. The molecule has 0 aliphatic carbocycles. The Balaban J connectivity index is 1.24. The van der Waals surface area contributed by atoms with Gasteiger partial charge in [-0.2, -0.15) is 0 Å². The van der Waals surface area contributed by atoms with Crippen LogP contribution in [0.5, 0.6) is 0 Å². The molecule has 0 unspecified atom stereocenters. The van der Waals surface area contributed by atoms with E-state index >= 15 is 0 Å². The van der Waals surface area contributed by atoms with Crippen LogP contribution in [0.15, 0.2) is 156 Å². The molecule has 0 N–H and O–H groups in total. The molecule has 0 aliphatic heterocycles. The fraction of sp³-hybridized carbons (Fsp3) is 0. The van der Waals surface area contributed by atoms with Gasteiger partial charge in [-0.25, -0.2) is 0 Å². The highest BCUT2D eigenvalue weighted by Gasteiger charge is 2.17. The predicted octanol–water partition coefficient (Wildman–Crippen LogP) is 12.2. The van der Waals surface area contributed by atoms with Crippen molar-refractivity contribution < 1.29 is 4.42 Å². The second-order valence-electron chi connectivity index (χ2n) is 11.0. The van der Waals surface area contributed by atoms with Gasteiger partial charge < -0.3 is 9.32 Å². The largest absolute Gasteiger partial charge is 0.456 e. The lowest BCUT2D eigenvalue weighted by atomic mass is 10.0. The molecule has 0 bridgehead atoms. The Morgan fingerprint density at radius 2 is 1.07 bits per heavy atom. The minimum Gasteiger partial charge on any atom is -0.456 e. The summed E-state index contributed by atoms with van der Waals surface area (Å²) in [6, 6.07) is 54.4. The quantitative estimate of drug-likeness (QED) is 0.210. The Labute approximate surface area is 252 Å². The van der Waals surface area contributed by atoms with Crippen LogP contribution >= 0.6 is 11.3 Å². The first-order chi connectivity index (χ1) is 21.3. The number of nitrogens with zero attached hydrogens (tertiary/aromatic N) is 1. The maximum atomic E-state index is 6.17. The number of furan rings is 1. The number of hydrogen-bond acceptors (Lipinski definition) is 3. The van der Waals surface area contributed by atoms with Crippen molar-refractivity contribution in [2.24, 2.45) is 0 Å². The van der Waals surface area contributed by atoms with E-state index in [4.69, 9.17) is 4.42 Å². The van der Waals surface area contributed by atoms with Crippen molar-refractivity contribution in [1.29, 1.82) is 0 Å². The summed E-state index contributed by atoms with van der Waals surface area (Å²) >= 11 is 1.86. The molecule has 2 heterocycles. The third kappa shape index (κ3) is 4.01. The fourth-order valence-corrected chi connectivity index (χ4v) is 7.46. The first-order valence-corrected chi connectivity index (χ1v) is 15.3. The van der Waals surface area contributed by atoms with Crippen LogP contribution in [-0.2, 0) is 0 Å². The molecule has 0 saturated heterocycles. The summed E-state index contributed by atoms with van der Waals surface area (Å²) in [7, 11) is 0. The Morgan fingerprint density at radius 3 is 1.95 bits per heavy atom. The maximum absolute atomic E-state index is 6.17. The van der Waals surface area contributed by atoms with Gasteiger partial charge in [0, 0.05) is 48.0 Å². The van der Waals surface area contributed by atoms with E-state index in [-0.39, 0.29) is 0 Å². The molecule has 3 heteroatoms. The monoisotopic (exact) mass is 567 g/mol. The average molecular weight is 568 g/mol. The second kappa shape index (κ2) is 9.59. The van der Waals surface area contributed by atoms with E-state index in [0.29, 0.717) is 0 Å². The van der Waals surface area contributed by atoms with Gasteiger partial charge in [-0.3, -0.25) is 0 Å². The van der Waals surface area contributed by atoms with Gasteiger partial charge in [0.05, 0.1) is 0 Å². The number of fused-ring (bicyclic) bond motifs is 7. The highest BCUT2D eigenvalue weighted by Crippen LogP contribution is 2.42. The van der Waals surface area contributed by atoms with E-state index in [1.165, 1.54) is 42.1 Å². The van der Waals surface area contributed by atoms with Crippen molar-refractivity contribution in [2.45, 2.75) is 0 Å². The van der Waals surface area contributed by atoms with Gasteiger partial charge in [-0.1, -0.05) is 84.9 Å². The van der Waals surface area contributed by atoms with Crippen molar-refractivity contribution in [2.75, 3.05) is 4.90 Å². The van der Waals surface area contributed by atoms with Gasteiger partial charge in [0.1, 0.15) is 11.2 Å². The average Bonchev–Trinajstić information content (AvgIpc) is 3.62. The number of anilines is 3. The van der Waals surface area contributed by atoms with E-state index < -0.39 is 0 Å². The molecule has 202 valence electrons. The molecular formula is C40H25NOS. The molecule has 0 amide bonds. The minimum atomic E-state index is 0.898. The molecular weight excluding hydrogens is 543 g/mol. The number of thiophene rings is 1. The molecule has 0 spiro atoms. The van der Waals surface area contributed by atoms with Crippen molar-refractivity contribution >= 4 is 81.3 Å². The van der Waals surface area contributed by atoms with E-state index in [1.54, 1.807) is 0 Å². The molecule has 0 atom stereocenters. The lowest BCUT2D eigenvalue weighted by Gasteiger charge is -2.26. The van der Waals surface area contributed by atoms with Crippen LogP contribution in [0, 0.1) is 0 Å². The third-order valence-corrected chi connectivity index (χ3v) is 9.56. The first-order valence-electron chi connectivity index (χ1n) is 14.5. The molecule has 0 fully saturated rings. The number of para-hydroxylation sites is 1. The summed E-state index contributed by atoms with van der Waals surface area (Å²) in [5.41, 5.74) is 7.53. The van der Waals surface area contributed by atoms with Gasteiger partial charge in [0.2, 0.25) is 0 Å². The zero-order valence-electron chi connectivity index (χ0n) is 23.2. The highest BCUT2D eigenvalue weighted by atomic mass is 32.1. The van der Waals surface area contributed by atoms with Crippen LogP contribution in [0.25, 0.3) is 64.0 Å². The van der Waals surface area contributed by atoms with E-state index in [9.17, 15) is 0 Å². The molecule has 2 nitrogen and oxygen atoms in total. The Bertz CT molecular complexity index is 2450. The van der Waals surface area contributed by atoms with Crippen LogP contribution in [0.3, 0.4) is 0 Å². The van der Waals surface area contributed by atoms with Gasteiger partial charge in [-0.05, 0) is 88.6 Å². The smallest absolute Gasteiger partial charge is 0.135 e. The second-order valence-corrected chi connectivity index (χ2v) is 12.1. The summed E-state index contributed by atoms with van der Waals surface area (Å²) < 4.78 is 8.83. The number of hydrogen-bond donors (Lipinski definition) is 0. The first kappa shape index (κ1) is 24.2. The van der Waals surface area contributed by atoms with Crippen molar-refractivity contribution in [1.82, 2.24) is 0 Å². The zero-order chi connectivity index (χ0) is 28.3. The summed E-state index contributed by atoms with van der Waals surface area (Å²) in [5.74, 6) is 0. The summed E-state index contributed by atoms with van der Waals surface area (Å²) in [5, 5.41) is 7.36. The normalized spacial score (nSPS) is 11.7. The molecule has 7 aromatic carbocycles. The van der Waals surface area contributed by atoms with Crippen LogP contribution in [0.2, 0.25) is 0 Å². The van der Waals surface area contributed by atoms with E-state index in [0.717, 1.165) is 39.0 Å². The Morgan fingerprint density at radius 1 is 0.395 bits per heavy atom. The molecule has 9 rings (SSSR count). The lowest BCUT2D eigenvalue weighted by Crippen LogP contribution is -2.09.